The van der Waals surface area contributed by atoms with Crippen molar-refractivity contribution in [2.45, 2.75) is 0 Å². The van der Waals surface area contributed by atoms with E-state index in [0.29, 0.717) is 0 Å². The second-order valence-corrected chi connectivity index (χ2v) is 3.61. The molecule has 0 spiro atoms. The summed E-state index contributed by atoms with van der Waals surface area (Å²) in [5.74, 6) is 0. The summed E-state index contributed by atoms with van der Waals surface area (Å²) in [6, 6.07) is 7.96. The third-order valence-corrected chi connectivity index (χ3v) is 1.64. The van der Waals surface area contributed by atoms with E-state index in [1.807, 2.05) is 18.2 Å². The first-order valence-corrected chi connectivity index (χ1v) is 3.68. The lowest BCUT2D eigenvalue weighted by atomic mass is 10.2. The zero-order valence-corrected chi connectivity index (χ0v) is 9.69. The Bertz CT molecular complexity index is 256. The van der Waals surface area contributed by atoms with Crippen LogP contribution in [0.5, 0.6) is 0 Å². The Balaban J connectivity index is 0. The maximum absolute atomic E-state index is 5.65. The normalized spacial score (nSPS) is 9.77. The lowest BCUT2D eigenvalue weighted by Gasteiger charge is -2.23. The van der Waals surface area contributed by atoms with Crippen LogP contribution in [0.2, 0.25) is 0 Å². The molecule has 0 unspecified atom stereocenters. The molecule has 1 aromatic rings. The molecular formula is C9H16Cl2N2. The minimum Gasteiger partial charge on any atom is -1.00 e. The zero-order valence-electron chi connectivity index (χ0n) is 8.12. The number of quaternary nitrogens is 1. The third-order valence-electron chi connectivity index (χ3n) is 1.64. The van der Waals surface area contributed by atoms with Crippen LogP contribution in [0, 0.1) is 0 Å². The predicted molar refractivity (Wildman–Crippen MR) is 57.7 cm³/mol. The molecule has 13 heavy (non-hydrogen) atoms. The van der Waals surface area contributed by atoms with Crippen molar-refractivity contribution in [3.05, 3.63) is 24.3 Å². The molecule has 0 aliphatic carbocycles. The highest BCUT2D eigenvalue weighted by molar-refractivity contribution is 5.85. The Morgan fingerprint density at radius 1 is 1.15 bits per heavy atom. The first-order valence-electron chi connectivity index (χ1n) is 3.68. The van der Waals surface area contributed by atoms with Gasteiger partial charge in [-0.25, -0.2) is 0 Å². The SMILES string of the molecule is C[N+](C)(C)c1cccc(N)c1.Cl.[Cl-]. The highest BCUT2D eigenvalue weighted by Gasteiger charge is 2.10. The van der Waals surface area contributed by atoms with Crippen LogP contribution in [-0.2, 0) is 0 Å². The van der Waals surface area contributed by atoms with Crippen LogP contribution in [-0.4, -0.2) is 21.1 Å². The van der Waals surface area contributed by atoms with E-state index in [9.17, 15) is 0 Å². The first kappa shape index (κ1) is 15.1. The van der Waals surface area contributed by atoms with Gasteiger partial charge in [-0.05, 0) is 12.1 Å². The van der Waals surface area contributed by atoms with Gasteiger partial charge in [-0.1, -0.05) is 6.07 Å². The number of rotatable bonds is 1. The Hall–Kier alpha value is -0.440. The first-order chi connectivity index (χ1) is 5.00. The van der Waals surface area contributed by atoms with Gasteiger partial charge in [0.2, 0.25) is 0 Å². The zero-order chi connectivity index (χ0) is 8.48. The van der Waals surface area contributed by atoms with E-state index >= 15 is 0 Å². The molecule has 1 aromatic carbocycles. The monoisotopic (exact) mass is 222 g/mol. The predicted octanol–water partition coefficient (Wildman–Crippen LogP) is -1.11. The number of halogens is 2. The Morgan fingerprint density at radius 3 is 2.00 bits per heavy atom. The van der Waals surface area contributed by atoms with Crippen LogP contribution in [0.15, 0.2) is 24.3 Å². The maximum atomic E-state index is 5.65. The average Bonchev–Trinajstić information content (AvgIpc) is 1.86. The molecule has 0 aromatic heterocycles. The van der Waals surface area contributed by atoms with Gasteiger partial charge in [-0.2, -0.15) is 0 Å². The summed E-state index contributed by atoms with van der Waals surface area (Å²) < 4.78 is 0.811. The molecule has 0 radical (unpaired) electrons. The second kappa shape index (κ2) is 5.32. The number of anilines is 1. The van der Waals surface area contributed by atoms with Crippen molar-refractivity contribution in [1.29, 1.82) is 0 Å². The molecule has 0 aliphatic heterocycles. The minimum atomic E-state index is 0. The van der Waals surface area contributed by atoms with E-state index in [1.165, 1.54) is 5.69 Å². The van der Waals surface area contributed by atoms with Crippen LogP contribution >= 0.6 is 12.4 Å². The molecular weight excluding hydrogens is 207 g/mol. The molecule has 1 rings (SSSR count). The molecule has 76 valence electrons. The highest BCUT2D eigenvalue weighted by atomic mass is 35.5. The van der Waals surface area contributed by atoms with Gasteiger partial charge < -0.3 is 18.1 Å². The summed E-state index contributed by atoms with van der Waals surface area (Å²) >= 11 is 0. The molecule has 0 amide bonds. The fourth-order valence-corrected chi connectivity index (χ4v) is 0.942. The summed E-state index contributed by atoms with van der Waals surface area (Å²) in [6.07, 6.45) is 0. The van der Waals surface area contributed by atoms with Gasteiger partial charge in [-0.15, -0.1) is 12.4 Å². The molecule has 0 fully saturated rings. The summed E-state index contributed by atoms with van der Waals surface area (Å²) in [4.78, 5) is 0. The van der Waals surface area contributed by atoms with E-state index in [1.54, 1.807) is 0 Å². The topological polar surface area (TPSA) is 26.0 Å². The van der Waals surface area contributed by atoms with Gasteiger partial charge in [0.05, 0.1) is 21.1 Å². The van der Waals surface area contributed by atoms with E-state index in [-0.39, 0.29) is 24.8 Å². The summed E-state index contributed by atoms with van der Waals surface area (Å²) in [5, 5.41) is 0. The number of hydrogen-bond acceptors (Lipinski definition) is 1. The number of nitrogens with two attached hydrogens (primary N) is 1. The highest BCUT2D eigenvalue weighted by Crippen LogP contribution is 2.18. The molecule has 0 heterocycles. The summed E-state index contributed by atoms with van der Waals surface area (Å²) in [6.45, 7) is 0. The van der Waals surface area contributed by atoms with Crippen molar-refractivity contribution >= 4 is 23.8 Å². The van der Waals surface area contributed by atoms with E-state index in [4.69, 9.17) is 5.73 Å². The van der Waals surface area contributed by atoms with Gasteiger partial charge >= 0.3 is 0 Å². The minimum absolute atomic E-state index is 0. The lowest BCUT2D eigenvalue weighted by Crippen LogP contribution is -3.00. The third kappa shape index (κ3) is 4.36. The quantitative estimate of drug-likeness (QED) is 0.474. The number of benzene rings is 1. The van der Waals surface area contributed by atoms with E-state index in [2.05, 4.69) is 27.2 Å². The van der Waals surface area contributed by atoms with Crippen molar-refractivity contribution in [2.75, 3.05) is 26.9 Å². The van der Waals surface area contributed by atoms with Crippen LogP contribution in [0.3, 0.4) is 0 Å². The standard InChI is InChI=1S/C9H15N2.2ClH/c1-11(2,3)9-6-4-5-8(10)7-9;;/h4-7H,10H2,1-3H3;2*1H/q+1;;/p-1. The van der Waals surface area contributed by atoms with Crippen molar-refractivity contribution in [1.82, 2.24) is 4.48 Å². The van der Waals surface area contributed by atoms with Gasteiger partial charge in [0.25, 0.3) is 0 Å². The molecule has 0 saturated heterocycles. The van der Waals surface area contributed by atoms with Gasteiger partial charge in [0, 0.05) is 11.8 Å². The Morgan fingerprint density at radius 2 is 1.69 bits per heavy atom. The van der Waals surface area contributed by atoms with Crippen molar-refractivity contribution in [3.63, 3.8) is 0 Å². The van der Waals surface area contributed by atoms with E-state index in [0.717, 1.165) is 10.2 Å². The largest absolute Gasteiger partial charge is 1.00 e. The van der Waals surface area contributed by atoms with Crippen LogP contribution in [0.25, 0.3) is 0 Å². The van der Waals surface area contributed by atoms with Gasteiger partial charge in [-0.3, -0.25) is 4.48 Å². The molecule has 0 saturated carbocycles. The van der Waals surface area contributed by atoms with Crippen LogP contribution < -0.4 is 22.6 Å². The van der Waals surface area contributed by atoms with Crippen LogP contribution in [0.1, 0.15) is 0 Å². The van der Waals surface area contributed by atoms with E-state index < -0.39 is 0 Å². The number of hydrogen-bond donors (Lipinski definition) is 1. The van der Waals surface area contributed by atoms with Crippen molar-refractivity contribution < 1.29 is 12.4 Å². The average molecular weight is 223 g/mol. The lowest BCUT2D eigenvalue weighted by molar-refractivity contribution is -0.00000277. The van der Waals surface area contributed by atoms with Crippen molar-refractivity contribution in [2.24, 2.45) is 0 Å². The fourth-order valence-electron chi connectivity index (χ4n) is 0.942. The second-order valence-electron chi connectivity index (χ2n) is 3.61. The van der Waals surface area contributed by atoms with Gasteiger partial charge in [0.15, 0.2) is 0 Å². The Labute approximate surface area is 92.1 Å². The van der Waals surface area contributed by atoms with Crippen molar-refractivity contribution in [3.8, 4) is 0 Å². The molecule has 0 bridgehead atoms. The molecule has 0 atom stereocenters. The Kier molecular flexibility index (Phi) is 6.16. The molecule has 0 aliphatic rings. The molecule has 2 N–H and O–H groups in total. The molecule has 2 nitrogen and oxygen atoms in total. The van der Waals surface area contributed by atoms with Crippen LogP contribution in [0.4, 0.5) is 11.4 Å². The maximum Gasteiger partial charge on any atom is 0.134 e. The fraction of sp³-hybridized carbons (Fsp3) is 0.333. The summed E-state index contributed by atoms with van der Waals surface area (Å²) in [7, 11) is 6.36. The molecule has 4 heteroatoms. The summed E-state index contributed by atoms with van der Waals surface area (Å²) in [5.41, 5.74) is 7.70. The number of nitrogens with zero attached hydrogens (tertiary/aromatic N) is 1. The van der Waals surface area contributed by atoms with Gasteiger partial charge in [0.1, 0.15) is 5.69 Å². The smallest absolute Gasteiger partial charge is 0.134 e. The number of nitrogen functional groups attached to an aromatic ring is 1.